The molecule has 2 aliphatic heterocycles. The molecule has 1 aromatic rings. The Hall–Kier alpha value is -3.30. The van der Waals surface area contributed by atoms with Crippen LogP contribution in [0.1, 0.15) is 32.8 Å². The van der Waals surface area contributed by atoms with Crippen molar-refractivity contribution < 1.29 is 28.7 Å². The summed E-state index contributed by atoms with van der Waals surface area (Å²) in [6.07, 6.45) is 0.741. The monoisotopic (exact) mass is 418 g/mol. The van der Waals surface area contributed by atoms with Gasteiger partial charge in [-0.2, -0.15) is 0 Å². The number of carbonyl (C=O) groups excluding carboxylic acids is 4. The second kappa shape index (κ2) is 8.60. The molecule has 3 N–H and O–H groups in total. The standard InChI is InChI=1S/C20H26N4O6/c1-12(2)10-21-18(27)22-16(25)11-24-17(26)20(3,23-19(24)28)13-5-6-14-15(9-13)30-8-4-7-29-14/h5-6,9,12H,4,7-8,10-11H2,1-3H3,(H,23,28)(H2,21,22,25,27). The quantitative estimate of drug-likeness (QED) is 0.615. The smallest absolute Gasteiger partial charge is 0.325 e. The normalized spacial score (nSPS) is 20.6. The van der Waals surface area contributed by atoms with Crippen molar-refractivity contribution >= 4 is 23.9 Å². The van der Waals surface area contributed by atoms with Gasteiger partial charge in [-0.15, -0.1) is 0 Å². The van der Waals surface area contributed by atoms with Crippen LogP contribution >= 0.6 is 0 Å². The number of benzene rings is 1. The van der Waals surface area contributed by atoms with E-state index in [9.17, 15) is 19.2 Å². The number of nitrogens with one attached hydrogen (secondary N) is 3. The van der Waals surface area contributed by atoms with E-state index in [1.54, 1.807) is 25.1 Å². The van der Waals surface area contributed by atoms with Gasteiger partial charge in [-0.25, -0.2) is 9.59 Å². The van der Waals surface area contributed by atoms with E-state index in [1.807, 2.05) is 13.8 Å². The van der Waals surface area contributed by atoms with Crippen molar-refractivity contribution in [1.29, 1.82) is 0 Å². The zero-order chi connectivity index (χ0) is 21.9. The number of urea groups is 2. The van der Waals surface area contributed by atoms with Gasteiger partial charge in [0.25, 0.3) is 5.91 Å². The van der Waals surface area contributed by atoms with E-state index in [1.165, 1.54) is 0 Å². The molecule has 1 unspecified atom stereocenters. The maximum atomic E-state index is 13.0. The lowest BCUT2D eigenvalue weighted by molar-refractivity contribution is -0.134. The van der Waals surface area contributed by atoms with Crippen LogP contribution in [0.25, 0.3) is 0 Å². The Morgan fingerprint density at radius 3 is 2.60 bits per heavy atom. The van der Waals surface area contributed by atoms with Gasteiger partial charge in [0.1, 0.15) is 12.1 Å². The van der Waals surface area contributed by atoms with E-state index in [-0.39, 0.29) is 5.92 Å². The van der Waals surface area contributed by atoms with Crippen LogP contribution in [0.3, 0.4) is 0 Å². The Balaban J connectivity index is 1.70. The van der Waals surface area contributed by atoms with Crippen molar-refractivity contribution in [3.8, 4) is 11.5 Å². The number of fused-ring (bicyclic) bond motifs is 1. The molecule has 0 spiro atoms. The maximum absolute atomic E-state index is 13.0. The third-order valence-electron chi connectivity index (χ3n) is 4.83. The number of amides is 6. The molecule has 2 heterocycles. The molecular weight excluding hydrogens is 392 g/mol. The lowest BCUT2D eigenvalue weighted by atomic mass is 9.91. The van der Waals surface area contributed by atoms with Gasteiger partial charge in [0.15, 0.2) is 11.5 Å². The van der Waals surface area contributed by atoms with E-state index >= 15 is 0 Å². The molecule has 10 heteroatoms. The van der Waals surface area contributed by atoms with Crippen LogP contribution in [0.5, 0.6) is 11.5 Å². The fraction of sp³-hybridized carbons (Fsp3) is 0.500. The average Bonchev–Trinajstić information content (AvgIpc) is 2.85. The van der Waals surface area contributed by atoms with E-state index in [0.29, 0.717) is 36.8 Å². The summed E-state index contributed by atoms with van der Waals surface area (Å²) in [5.74, 6) is -0.0817. The molecule has 6 amide bonds. The van der Waals surface area contributed by atoms with Gasteiger partial charge in [-0.05, 0) is 30.5 Å². The lowest BCUT2D eigenvalue weighted by Gasteiger charge is -2.23. The molecule has 0 saturated carbocycles. The first-order chi connectivity index (χ1) is 14.2. The predicted molar refractivity (Wildman–Crippen MR) is 106 cm³/mol. The van der Waals surface area contributed by atoms with Crippen LogP contribution in [0.15, 0.2) is 18.2 Å². The van der Waals surface area contributed by atoms with Gasteiger partial charge in [-0.1, -0.05) is 19.9 Å². The van der Waals surface area contributed by atoms with Crippen molar-refractivity contribution in [2.24, 2.45) is 5.92 Å². The second-order valence-electron chi connectivity index (χ2n) is 7.81. The van der Waals surface area contributed by atoms with Crippen LogP contribution in [0.2, 0.25) is 0 Å². The van der Waals surface area contributed by atoms with Gasteiger partial charge in [0, 0.05) is 13.0 Å². The summed E-state index contributed by atoms with van der Waals surface area (Å²) in [5, 5.41) is 7.28. The Kier molecular flexibility index (Phi) is 6.14. The van der Waals surface area contributed by atoms with Crippen LogP contribution < -0.4 is 25.4 Å². The van der Waals surface area contributed by atoms with Crippen LogP contribution in [-0.2, 0) is 15.1 Å². The summed E-state index contributed by atoms with van der Waals surface area (Å²) in [7, 11) is 0. The first-order valence-electron chi connectivity index (χ1n) is 9.82. The number of carbonyl (C=O) groups is 4. The number of rotatable bonds is 5. The van der Waals surface area contributed by atoms with E-state index < -0.39 is 36.0 Å². The van der Waals surface area contributed by atoms with Crippen molar-refractivity contribution in [1.82, 2.24) is 20.9 Å². The largest absolute Gasteiger partial charge is 0.490 e. The first-order valence-corrected chi connectivity index (χ1v) is 9.82. The number of ether oxygens (including phenoxy) is 2. The van der Waals surface area contributed by atoms with Gasteiger partial charge < -0.3 is 20.1 Å². The molecule has 162 valence electrons. The fourth-order valence-corrected chi connectivity index (χ4v) is 3.16. The minimum absolute atomic E-state index is 0.216. The Bertz CT molecular complexity index is 871. The lowest BCUT2D eigenvalue weighted by Crippen LogP contribution is -2.47. The molecule has 1 atom stereocenters. The minimum atomic E-state index is -1.37. The number of nitrogens with zero attached hydrogens (tertiary/aromatic N) is 1. The van der Waals surface area contributed by atoms with Gasteiger partial charge in [0.2, 0.25) is 5.91 Å². The molecule has 1 aromatic carbocycles. The molecule has 1 fully saturated rings. The number of hydrogen-bond acceptors (Lipinski definition) is 6. The summed E-state index contributed by atoms with van der Waals surface area (Å²) in [4.78, 5) is 50.1. The molecule has 0 radical (unpaired) electrons. The van der Waals surface area contributed by atoms with Gasteiger partial charge in [0.05, 0.1) is 13.2 Å². The van der Waals surface area contributed by atoms with Crippen molar-refractivity contribution in [2.45, 2.75) is 32.7 Å². The molecule has 0 bridgehead atoms. The van der Waals surface area contributed by atoms with E-state index in [2.05, 4.69) is 16.0 Å². The summed E-state index contributed by atoms with van der Waals surface area (Å²) in [5.41, 5.74) is -0.871. The second-order valence-corrected chi connectivity index (χ2v) is 7.81. The van der Waals surface area contributed by atoms with Crippen LogP contribution in [0.4, 0.5) is 9.59 Å². The van der Waals surface area contributed by atoms with E-state index in [0.717, 1.165) is 11.3 Å². The Labute approximate surface area is 174 Å². The highest BCUT2D eigenvalue weighted by atomic mass is 16.5. The van der Waals surface area contributed by atoms with E-state index in [4.69, 9.17) is 9.47 Å². The minimum Gasteiger partial charge on any atom is -0.490 e. The van der Waals surface area contributed by atoms with Crippen molar-refractivity contribution in [3.05, 3.63) is 23.8 Å². The summed E-state index contributed by atoms with van der Waals surface area (Å²) in [6, 6.07) is 3.63. The van der Waals surface area contributed by atoms with Crippen LogP contribution in [0, 0.1) is 5.92 Å². The topological polar surface area (TPSA) is 126 Å². The first kappa shape index (κ1) is 21.4. The number of hydrogen-bond donors (Lipinski definition) is 3. The SMILES string of the molecule is CC(C)CNC(=O)NC(=O)CN1C(=O)NC(C)(c2ccc3c(c2)OCCCO3)C1=O. The highest BCUT2D eigenvalue weighted by Crippen LogP contribution is 2.36. The summed E-state index contributed by atoms with van der Waals surface area (Å²) >= 11 is 0. The molecule has 10 nitrogen and oxygen atoms in total. The zero-order valence-electron chi connectivity index (χ0n) is 17.2. The highest BCUT2D eigenvalue weighted by molar-refractivity contribution is 6.10. The van der Waals surface area contributed by atoms with Gasteiger partial charge >= 0.3 is 12.1 Å². The molecule has 1 saturated heterocycles. The Morgan fingerprint density at radius 1 is 1.20 bits per heavy atom. The van der Waals surface area contributed by atoms with Crippen molar-refractivity contribution in [3.63, 3.8) is 0 Å². The third-order valence-corrected chi connectivity index (χ3v) is 4.83. The maximum Gasteiger partial charge on any atom is 0.325 e. The molecule has 3 rings (SSSR count). The summed E-state index contributed by atoms with van der Waals surface area (Å²) < 4.78 is 11.3. The predicted octanol–water partition coefficient (Wildman–Crippen LogP) is 1.10. The molecular formula is C20H26N4O6. The molecule has 30 heavy (non-hydrogen) atoms. The van der Waals surface area contributed by atoms with Crippen molar-refractivity contribution in [2.75, 3.05) is 26.3 Å². The molecule has 0 aliphatic carbocycles. The highest BCUT2D eigenvalue weighted by Gasteiger charge is 2.49. The third kappa shape index (κ3) is 4.47. The molecule has 2 aliphatic rings. The summed E-state index contributed by atoms with van der Waals surface area (Å²) in [6.45, 7) is 6.22. The van der Waals surface area contributed by atoms with Crippen LogP contribution in [-0.4, -0.2) is 55.1 Å². The fourth-order valence-electron chi connectivity index (χ4n) is 3.16. The zero-order valence-corrected chi connectivity index (χ0v) is 17.2. The average molecular weight is 418 g/mol. The molecule has 0 aromatic heterocycles. The van der Waals surface area contributed by atoms with Gasteiger partial charge in [-0.3, -0.25) is 19.8 Å². The Morgan fingerprint density at radius 2 is 1.90 bits per heavy atom. The number of imide groups is 2.